The van der Waals surface area contributed by atoms with Crippen LogP contribution in [0.3, 0.4) is 0 Å². The molecule has 5 nitrogen and oxygen atoms in total. The molecular formula is C27H39NO4. The quantitative estimate of drug-likeness (QED) is 0.344. The third-order valence-corrected chi connectivity index (χ3v) is 8.54. The van der Waals surface area contributed by atoms with Gasteiger partial charge in [0.25, 0.3) is 0 Å². The number of esters is 1. The van der Waals surface area contributed by atoms with E-state index in [0.29, 0.717) is 29.7 Å². The predicted octanol–water partition coefficient (Wildman–Crippen LogP) is 5.16. The van der Waals surface area contributed by atoms with Gasteiger partial charge >= 0.3 is 5.97 Å². The summed E-state index contributed by atoms with van der Waals surface area (Å²) in [6.07, 6.45) is 9.88. The molecule has 5 unspecified atom stereocenters. The average molecular weight is 442 g/mol. The van der Waals surface area contributed by atoms with Gasteiger partial charge in [0, 0.05) is 20.1 Å². The van der Waals surface area contributed by atoms with Crippen molar-refractivity contribution in [1.82, 2.24) is 5.32 Å². The van der Waals surface area contributed by atoms with Crippen LogP contribution in [0.5, 0.6) is 5.75 Å². The summed E-state index contributed by atoms with van der Waals surface area (Å²) in [6.45, 7) is 5.21. The van der Waals surface area contributed by atoms with Crippen LogP contribution in [0.15, 0.2) is 18.2 Å². The Balaban J connectivity index is 1.35. The molecule has 1 N–H and O–H groups in total. The van der Waals surface area contributed by atoms with Crippen LogP contribution in [0.2, 0.25) is 0 Å². The van der Waals surface area contributed by atoms with Crippen molar-refractivity contribution in [1.29, 1.82) is 0 Å². The van der Waals surface area contributed by atoms with Crippen LogP contribution in [0.25, 0.3) is 0 Å². The first-order valence-electron chi connectivity index (χ1n) is 12.6. The summed E-state index contributed by atoms with van der Waals surface area (Å²) in [4.78, 5) is 24.1. The van der Waals surface area contributed by atoms with E-state index in [4.69, 9.17) is 9.47 Å². The Morgan fingerprint density at radius 3 is 2.78 bits per heavy atom. The van der Waals surface area contributed by atoms with E-state index in [-0.39, 0.29) is 24.7 Å². The number of carbonyl (C=O) groups is 2. The number of fused-ring (bicyclic) bond motifs is 5. The lowest BCUT2D eigenvalue weighted by molar-refractivity contribution is -0.136. The number of carbonyl (C=O) groups excluding carboxylic acids is 2. The summed E-state index contributed by atoms with van der Waals surface area (Å²) in [5.41, 5.74) is 3.11. The molecule has 1 amide bonds. The van der Waals surface area contributed by atoms with Gasteiger partial charge in [-0.2, -0.15) is 0 Å². The fourth-order valence-corrected chi connectivity index (χ4v) is 6.85. The highest BCUT2D eigenvalue weighted by Gasteiger charge is 2.55. The van der Waals surface area contributed by atoms with Gasteiger partial charge in [-0.3, -0.25) is 9.59 Å². The molecule has 0 aliphatic heterocycles. The van der Waals surface area contributed by atoms with Crippen molar-refractivity contribution in [2.75, 3.05) is 13.7 Å². The number of methoxy groups -OCH3 is 1. The van der Waals surface area contributed by atoms with Crippen molar-refractivity contribution in [2.24, 2.45) is 17.3 Å². The van der Waals surface area contributed by atoms with Crippen molar-refractivity contribution in [3.8, 4) is 5.75 Å². The lowest BCUT2D eigenvalue weighted by Gasteiger charge is -2.50. The normalized spacial score (nSPS) is 30.7. The van der Waals surface area contributed by atoms with Gasteiger partial charge in [-0.1, -0.05) is 26.3 Å². The van der Waals surface area contributed by atoms with Gasteiger partial charge in [0.2, 0.25) is 5.91 Å². The standard InChI is InChI=1S/C27H39NO4/c1-4-5-16-28-25(29)12-13-26(30)32-19-7-9-20-18(17-19)6-8-22-21(20)14-15-27(2)23(22)10-11-24(27)31-3/h7,9,17,21-24H,4-6,8,10-16H2,1-3H3,(H,28,29). The second-order valence-corrected chi connectivity index (χ2v) is 10.3. The Labute approximate surface area is 192 Å². The summed E-state index contributed by atoms with van der Waals surface area (Å²) in [6, 6.07) is 6.20. The minimum Gasteiger partial charge on any atom is -0.427 e. The molecule has 0 bridgehead atoms. The Morgan fingerprint density at radius 1 is 1.16 bits per heavy atom. The van der Waals surface area contributed by atoms with Gasteiger partial charge in [-0.25, -0.2) is 0 Å². The monoisotopic (exact) mass is 441 g/mol. The maximum atomic E-state index is 12.2. The second kappa shape index (κ2) is 9.94. The van der Waals surface area contributed by atoms with Crippen molar-refractivity contribution >= 4 is 11.9 Å². The van der Waals surface area contributed by atoms with E-state index in [2.05, 4.69) is 31.3 Å². The fraction of sp³-hybridized carbons (Fsp3) is 0.704. The lowest BCUT2D eigenvalue weighted by Crippen LogP contribution is -2.44. The zero-order valence-corrected chi connectivity index (χ0v) is 20.0. The van der Waals surface area contributed by atoms with Crippen LogP contribution in [0.1, 0.15) is 88.7 Å². The molecule has 0 spiro atoms. The van der Waals surface area contributed by atoms with Gasteiger partial charge < -0.3 is 14.8 Å². The molecule has 1 aromatic carbocycles. The van der Waals surface area contributed by atoms with Crippen LogP contribution in [0.4, 0.5) is 0 Å². The van der Waals surface area contributed by atoms with E-state index in [1.807, 2.05) is 13.2 Å². The number of benzene rings is 1. The zero-order valence-electron chi connectivity index (χ0n) is 20.0. The number of rotatable bonds is 8. The van der Waals surface area contributed by atoms with Crippen molar-refractivity contribution in [2.45, 2.75) is 90.1 Å². The first kappa shape index (κ1) is 23.3. The topological polar surface area (TPSA) is 64.6 Å². The van der Waals surface area contributed by atoms with Crippen molar-refractivity contribution in [3.05, 3.63) is 29.3 Å². The van der Waals surface area contributed by atoms with Crippen LogP contribution in [-0.2, 0) is 20.7 Å². The molecule has 0 radical (unpaired) electrons. The van der Waals surface area contributed by atoms with Gasteiger partial charge in [-0.05, 0) is 91.4 Å². The number of hydrogen-bond acceptors (Lipinski definition) is 4. The molecular weight excluding hydrogens is 402 g/mol. The first-order chi connectivity index (χ1) is 15.5. The van der Waals surface area contributed by atoms with E-state index in [9.17, 15) is 9.59 Å². The maximum absolute atomic E-state index is 12.2. The summed E-state index contributed by atoms with van der Waals surface area (Å²) >= 11 is 0. The summed E-state index contributed by atoms with van der Waals surface area (Å²) in [5, 5.41) is 2.84. The van der Waals surface area contributed by atoms with E-state index >= 15 is 0 Å². The molecule has 5 atom stereocenters. The Morgan fingerprint density at radius 2 is 2.00 bits per heavy atom. The predicted molar refractivity (Wildman–Crippen MR) is 125 cm³/mol. The molecule has 2 fully saturated rings. The summed E-state index contributed by atoms with van der Waals surface area (Å²) < 4.78 is 11.4. The minimum absolute atomic E-state index is 0.0844. The van der Waals surface area contributed by atoms with E-state index in [1.165, 1.54) is 43.2 Å². The van der Waals surface area contributed by atoms with Crippen molar-refractivity contribution in [3.63, 3.8) is 0 Å². The third kappa shape index (κ3) is 4.59. The number of nitrogens with one attached hydrogen (secondary N) is 1. The van der Waals surface area contributed by atoms with Gasteiger partial charge in [0.1, 0.15) is 5.75 Å². The fourth-order valence-electron chi connectivity index (χ4n) is 6.85. The zero-order chi connectivity index (χ0) is 22.7. The Bertz CT molecular complexity index is 837. The maximum Gasteiger partial charge on any atom is 0.311 e. The molecule has 3 aliphatic rings. The molecule has 3 aliphatic carbocycles. The molecule has 1 aromatic rings. The number of amides is 1. The number of aryl methyl sites for hydroxylation is 1. The summed E-state index contributed by atoms with van der Waals surface area (Å²) in [5.74, 6) is 2.29. The minimum atomic E-state index is -0.339. The van der Waals surface area contributed by atoms with Gasteiger partial charge in [0.05, 0.1) is 12.5 Å². The molecule has 0 heterocycles. The van der Waals surface area contributed by atoms with Crippen LogP contribution >= 0.6 is 0 Å². The SMILES string of the molecule is CCCCNC(=O)CCC(=O)Oc1ccc2c(c1)CCC1C2CCC2(C)C(OC)CCC12. The number of hydrogen-bond donors (Lipinski definition) is 1. The highest BCUT2D eigenvalue weighted by molar-refractivity contribution is 5.82. The Hall–Kier alpha value is -1.88. The second-order valence-electron chi connectivity index (χ2n) is 10.3. The summed E-state index contributed by atoms with van der Waals surface area (Å²) in [7, 11) is 1.88. The number of unbranched alkanes of at least 4 members (excludes halogenated alkanes) is 1. The van der Waals surface area contributed by atoms with Crippen molar-refractivity contribution < 1.29 is 19.1 Å². The van der Waals surface area contributed by atoms with E-state index in [1.54, 1.807) is 0 Å². The van der Waals surface area contributed by atoms with E-state index < -0.39 is 0 Å². The molecule has 0 saturated heterocycles. The van der Waals surface area contributed by atoms with Gasteiger partial charge in [-0.15, -0.1) is 0 Å². The highest BCUT2D eigenvalue weighted by Crippen LogP contribution is 2.61. The van der Waals surface area contributed by atoms with Gasteiger partial charge in [0.15, 0.2) is 0 Å². The smallest absolute Gasteiger partial charge is 0.311 e. The molecule has 5 heteroatoms. The average Bonchev–Trinajstić information content (AvgIpc) is 3.14. The van der Waals surface area contributed by atoms with Crippen LogP contribution in [0, 0.1) is 17.3 Å². The first-order valence-corrected chi connectivity index (χ1v) is 12.6. The molecule has 176 valence electrons. The third-order valence-electron chi connectivity index (χ3n) is 8.54. The molecule has 0 aromatic heterocycles. The van der Waals surface area contributed by atoms with Crippen LogP contribution < -0.4 is 10.1 Å². The largest absolute Gasteiger partial charge is 0.427 e. The lowest BCUT2D eigenvalue weighted by atomic mass is 9.55. The Kier molecular flexibility index (Phi) is 7.24. The van der Waals surface area contributed by atoms with E-state index in [0.717, 1.165) is 31.1 Å². The van der Waals surface area contributed by atoms with Crippen LogP contribution in [-0.4, -0.2) is 31.6 Å². The molecule has 32 heavy (non-hydrogen) atoms. The molecule has 2 saturated carbocycles. The highest BCUT2D eigenvalue weighted by atomic mass is 16.5. The molecule has 4 rings (SSSR count). The number of ether oxygens (including phenoxy) is 2.